The second-order valence-electron chi connectivity index (χ2n) is 3.46. The number of nitrogens with zero attached hydrogens (tertiary/aromatic N) is 6. The summed E-state index contributed by atoms with van der Waals surface area (Å²) in [5.41, 5.74) is 0.562. The van der Waals surface area contributed by atoms with E-state index in [1.165, 1.54) is 7.11 Å². The normalized spacial score (nSPS) is 10.5. The Morgan fingerprint density at radius 3 is 3.12 bits per heavy atom. The van der Waals surface area contributed by atoms with Crippen LogP contribution in [0.3, 0.4) is 0 Å². The van der Waals surface area contributed by atoms with Gasteiger partial charge in [-0.25, -0.2) is 0 Å². The second kappa shape index (κ2) is 4.73. The zero-order valence-corrected chi connectivity index (χ0v) is 9.57. The topological polar surface area (TPSA) is 85.5 Å². The number of esters is 1. The summed E-state index contributed by atoms with van der Waals surface area (Å²) in [5.74, 6) is 0.463. The van der Waals surface area contributed by atoms with Crippen LogP contribution in [0.4, 0.5) is 5.82 Å². The van der Waals surface area contributed by atoms with Gasteiger partial charge in [-0.05, 0) is 10.4 Å². The number of tetrazole rings is 1. The van der Waals surface area contributed by atoms with Crippen molar-refractivity contribution in [2.24, 2.45) is 0 Å². The molecule has 90 valence electrons. The van der Waals surface area contributed by atoms with Crippen molar-refractivity contribution in [1.29, 1.82) is 0 Å². The van der Waals surface area contributed by atoms with E-state index in [0.29, 0.717) is 18.6 Å². The summed E-state index contributed by atoms with van der Waals surface area (Å²) in [5, 5.41) is 11.2. The van der Waals surface area contributed by atoms with E-state index in [-0.39, 0.29) is 5.97 Å². The molecule has 0 spiro atoms. The van der Waals surface area contributed by atoms with Crippen molar-refractivity contribution in [2.45, 2.75) is 6.42 Å². The van der Waals surface area contributed by atoms with E-state index in [4.69, 9.17) is 0 Å². The lowest BCUT2D eigenvalue weighted by atomic mass is 10.4. The second-order valence-corrected chi connectivity index (χ2v) is 3.46. The average Bonchev–Trinajstić information content (AvgIpc) is 2.83. The van der Waals surface area contributed by atoms with Gasteiger partial charge in [0.25, 0.3) is 0 Å². The number of hydrogen-bond donors (Lipinski definition) is 0. The van der Waals surface area contributed by atoms with E-state index in [9.17, 15) is 4.79 Å². The van der Waals surface area contributed by atoms with Gasteiger partial charge in [0.2, 0.25) is 0 Å². The Morgan fingerprint density at radius 2 is 2.35 bits per heavy atom. The third-order valence-electron chi connectivity index (χ3n) is 2.36. The lowest BCUT2D eigenvalue weighted by molar-refractivity contribution is -0.140. The summed E-state index contributed by atoms with van der Waals surface area (Å²) in [7, 11) is 3.20. The molecule has 0 amide bonds. The van der Waals surface area contributed by atoms with Crippen LogP contribution in [0.15, 0.2) is 12.4 Å². The van der Waals surface area contributed by atoms with E-state index >= 15 is 0 Å². The SMILES string of the molecule is COC(=O)CCN(C)c1cncc2nnnn12. The van der Waals surface area contributed by atoms with Crippen molar-refractivity contribution in [3.05, 3.63) is 12.4 Å². The molecule has 0 aromatic carbocycles. The van der Waals surface area contributed by atoms with Crippen LogP contribution < -0.4 is 4.90 Å². The third kappa shape index (κ3) is 2.30. The van der Waals surface area contributed by atoms with Crippen LogP contribution in [0.5, 0.6) is 0 Å². The summed E-state index contributed by atoms with van der Waals surface area (Å²) < 4.78 is 6.14. The lowest BCUT2D eigenvalue weighted by Gasteiger charge is -2.17. The van der Waals surface area contributed by atoms with Crippen molar-refractivity contribution in [3.63, 3.8) is 0 Å². The molecule has 0 aliphatic rings. The Morgan fingerprint density at radius 1 is 1.53 bits per heavy atom. The quantitative estimate of drug-likeness (QED) is 0.662. The summed E-state index contributed by atoms with van der Waals surface area (Å²) in [4.78, 5) is 16.9. The smallest absolute Gasteiger partial charge is 0.307 e. The zero-order valence-electron chi connectivity index (χ0n) is 9.57. The van der Waals surface area contributed by atoms with Crippen LogP contribution in [0.25, 0.3) is 5.65 Å². The van der Waals surface area contributed by atoms with E-state index in [1.54, 1.807) is 16.9 Å². The molecule has 8 heteroatoms. The first-order chi connectivity index (χ1) is 8.22. The van der Waals surface area contributed by atoms with E-state index in [1.807, 2.05) is 11.9 Å². The fourth-order valence-electron chi connectivity index (χ4n) is 1.40. The van der Waals surface area contributed by atoms with Gasteiger partial charge in [-0.3, -0.25) is 9.78 Å². The van der Waals surface area contributed by atoms with Gasteiger partial charge < -0.3 is 9.64 Å². The Kier molecular flexibility index (Phi) is 3.12. The lowest BCUT2D eigenvalue weighted by Crippen LogP contribution is -2.24. The van der Waals surface area contributed by atoms with E-state index in [2.05, 4.69) is 25.2 Å². The number of carbonyl (C=O) groups is 1. The number of rotatable bonds is 4. The number of ether oxygens (including phenoxy) is 1. The minimum atomic E-state index is -0.256. The molecule has 0 radical (unpaired) electrons. The van der Waals surface area contributed by atoms with Gasteiger partial charge in [0.1, 0.15) is 0 Å². The zero-order chi connectivity index (χ0) is 12.3. The molecule has 2 rings (SSSR count). The minimum absolute atomic E-state index is 0.256. The van der Waals surface area contributed by atoms with Gasteiger partial charge in [0.05, 0.1) is 25.9 Å². The molecule has 2 heterocycles. The van der Waals surface area contributed by atoms with Gasteiger partial charge in [-0.2, -0.15) is 4.52 Å². The van der Waals surface area contributed by atoms with Crippen LogP contribution >= 0.6 is 0 Å². The van der Waals surface area contributed by atoms with Gasteiger partial charge in [0, 0.05) is 13.6 Å². The van der Waals surface area contributed by atoms with Crippen molar-refractivity contribution in [1.82, 2.24) is 25.0 Å². The Balaban J connectivity index is 2.15. The first-order valence-electron chi connectivity index (χ1n) is 5.02. The molecule has 8 nitrogen and oxygen atoms in total. The molecule has 0 unspecified atom stereocenters. The molecule has 17 heavy (non-hydrogen) atoms. The van der Waals surface area contributed by atoms with Crippen LogP contribution in [0, 0.1) is 0 Å². The molecule has 2 aromatic heterocycles. The van der Waals surface area contributed by atoms with Crippen molar-refractivity contribution in [3.8, 4) is 0 Å². The maximum Gasteiger partial charge on any atom is 0.307 e. The molecular weight excluding hydrogens is 224 g/mol. The molecular formula is C9H12N6O2. The summed E-state index contributed by atoms with van der Waals surface area (Å²) >= 11 is 0. The van der Waals surface area contributed by atoms with Crippen LogP contribution in [-0.2, 0) is 9.53 Å². The Hall–Kier alpha value is -2.25. The predicted molar refractivity (Wildman–Crippen MR) is 58.5 cm³/mol. The number of aromatic nitrogens is 5. The van der Waals surface area contributed by atoms with E-state index in [0.717, 1.165) is 5.82 Å². The van der Waals surface area contributed by atoms with Gasteiger partial charge in [0.15, 0.2) is 11.5 Å². The number of anilines is 1. The monoisotopic (exact) mass is 236 g/mol. The van der Waals surface area contributed by atoms with Crippen LogP contribution in [0.2, 0.25) is 0 Å². The third-order valence-corrected chi connectivity index (χ3v) is 2.36. The highest BCUT2D eigenvalue weighted by Crippen LogP contribution is 2.11. The predicted octanol–water partition coefficient (Wildman–Crippen LogP) is -0.481. The molecule has 0 aliphatic heterocycles. The molecule has 0 N–H and O–H groups in total. The van der Waals surface area contributed by atoms with Crippen molar-refractivity contribution in [2.75, 3.05) is 25.6 Å². The number of methoxy groups -OCH3 is 1. The maximum absolute atomic E-state index is 11.0. The summed E-state index contributed by atoms with van der Waals surface area (Å²) in [6.07, 6.45) is 3.50. The molecule has 0 fully saturated rings. The highest BCUT2D eigenvalue weighted by Gasteiger charge is 2.10. The van der Waals surface area contributed by atoms with Crippen LogP contribution in [0.1, 0.15) is 6.42 Å². The van der Waals surface area contributed by atoms with Gasteiger partial charge in [-0.15, -0.1) is 5.10 Å². The standard InChI is InChI=1S/C9H12N6O2/c1-14(4-3-9(16)17-2)8-6-10-5-7-11-12-13-15(7)8/h5-6H,3-4H2,1-2H3. The largest absolute Gasteiger partial charge is 0.469 e. The average molecular weight is 236 g/mol. The van der Waals surface area contributed by atoms with Crippen LogP contribution in [-0.4, -0.2) is 51.7 Å². The van der Waals surface area contributed by atoms with E-state index < -0.39 is 0 Å². The molecule has 0 atom stereocenters. The molecule has 0 bridgehead atoms. The first kappa shape index (κ1) is 11.2. The summed E-state index contributed by atoms with van der Waals surface area (Å²) in [6.45, 7) is 0.507. The number of hydrogen-bond acceptors (Lipinski definition) is 7. The fourth-order valence-corrected chi connectivity index (χ4v) is 1.40. The maximum atomic E-state index is 11.0. The molecule has 0 saturated carbocycles. The van der Waals surface area contributed by atoms with Gasteiger partial charge >= 0.3 is 5.97 Å². The fraction of sp³-hybridized carbons (Fsp3) is 0.444. The minimum Gasteiger partial charge on any atom is -0.469 e. The van der Waals surface area contributed by atoms with Gasteiger partial charge in [-0.1, -0.05) is 0 Å². The van der Waals surface area contributed by atoms with Crippen molar-refractivity contribution < 1.29 is 9.53 Å². The number of fused-ring (bicyclic) bond motifs is 1. The summed E-state index contributed by atoms with van der Waals surface area (Å²) in [6, 6.07) is 0. The number of carbonyl (C=O) groups excluding carboxylic acids is 1. The van der Waals surface area contributed by atoms with Crippen molar-refractivity contribution >= 4 is 17.4 Å². The molecule has 2 aromatic rings. The Labute approximate surface area is 97.2 Å². The molecule has 0 saturated heterocycles. The Bertz CT molecular complexity index is 525. The highest BCUT2D eigenvalue weighted by molar-refractivity contribution is 5.69. The first-order valence-corrected chi connectivity index (χ1v) is 5.02. The highest BCUT2D eigenvalue weighted by atomic mass is 16.5. The molecule has 0 aliphatic carbocycles.